The monoisotopic (exact) mass is 337 g/mol. The normalized spacial score (nSPS) is 11.9. The lowest BCUT2D eigenvalue weighted by Gasteiger charge is -2.17. The summed E-state index contributed by atoms with van der Waals surface area (Å²) < 4.78 is 2.54. The first-order valence-corrected chi connectivity index (χ1v) is 7.06. The van der Waals surface area contributed by atoms with E-state index in [1.54, 1.807) is 7.05 Å². The number of carbonyl (C=O) groups excluding carboxylic acids is 1. The largest absolute Gasteiger partial charge is 0.331 e. The van der Waals surface area contributed by atoms with Gasteiger partial charge in [0.15, 0.2) is 0 Å². The highest BCUT2D eigenvalue weighted by Crippen LogP contribution is 2.19. The van der Waals surface area contributed by atoms with E-state index in [-0.39, 0.29) is 18.0 Å². The van der Waals surface area contributed by atoms with Crippen molar-refractivity contribution in [3.8, 4) is 0 Å². The molecule has 1 aromatic carbocycles. The summed E-state index contributed by atoms with van der Waals surface area (Å²) in [6.45, 7) is 2.02. The van der Waals surface area contributed by atoms with Gasteiger partial charge in [-0.3, -0.25) is 10.00 Å². The van der Waals surface area contributed by atoms with Gasteiger partial charge in [-0.2, -0.15) is 0 Å². The maximum atomic E-state index is 11.9. The van der Waals surface area contributed by atoms with E-state index in [0.29, 0.717) is 0 Å². The summed E-state index contributed by atoms with van der Waals surface area (Å²) in [7, 11) is 1.74. The molecule has 0 radical (unpaired) electrons. The minimum atomic E-state index is -0.314. The third kappa shape index (κ3) is 3.80. The number of hydrogen-bond donors (Lipinski definition) is 2. The van der Waals surface area contributed by atoms with E-state index >= 15 is 0 Å². The van der Waals surface area contributed by atoms with Crippen molar-refractivity contribution in [3.05, 3.63) is 40.6 Å². The van der Waals surface area contributed by atoms with Gasteiger partial charge in [-0.25, -0.2) is 9.78 Å². The molecule has 0 aliphatic carbocycles. The van der Waals surface area contributed by atoms with Gasteiger partial charge in [0.2, 0.25) is 5.95 Å². The number of rotatable bonds is 4. The maximum absolute atomic E-state index is 11.9. The van der Waals surface area contributed by atoms with Crippen molar-refractivity contribution in [3.63, 3.8) is 0 Å². The average molecular weight is 338 g/mol. The minimum absolute atomic E-state index is 0.0492. The van der Waals surface area contributed by atoms with Crippen LogP contribution in [0.1, 0.15) is 24.9 Å². The highest BCUT2D eigenvalue weighted by atomic mass is 79.9. The standard InChI is InChI=1S/C13H16BrN5O/c1-3-11(9-4-6-10(14)7-5-9)16-13(20)17-12-15-8-19(2)18-12/h4-8,11H,3H2,1-2H3,(H2,16,17,18,20). The zero-order chi connectivity index (χ0) is 14.5. The second-order valence-electron chi connectivity index (χ2n) is 4.35. The Bertz CT molecular complexity index is 581. The van der Waals surface area contributed by atoms with Crippen LogP contribution in [0.15, 0.2) is 35.1 Å². The fourth-order valence-corrected chi connectivity index (χ4v) is 2.07. The van der Waals surface area contributed by atoms with Gasteiger partial charge in [-0.15, -0.1) is 5.10 Å². The van der Waals surface area contributed by atoms with Gasteiger partial charge in [-0.05, 0) is 24.1 Å². The number of aryl methyl sites for hydroxylation is 1. The molecule has 6 nitrogen and oxygen atoms in total. The number of nitrogens with zero attached hydrogens (tertiary/aromatic N) is 3. The van der Waals surface area contributed by atoms with Gasteiger partial charge in [0.05, 0.1) is 6.04 Å². The van der Waals surface area contributed by atoms with Crippen LogP contribution in [0, 0.1) is 0 Å². The van der Waals surface area contributed by atoms with Gasteiger partial charge in [0, 0.05) is 11.5 Å². The van der Waals surface area contributed by atoms with Crippen molar-refractivity contribution in [2.24, 2.45) is 7.05 Å². The zero-order valence-electron chi connectivity index (χ0n) is 11.3. The van der Waals surface area contributed by atoms with Gasteiger partial charge in [-0.1, -0.05) is 35.0 Å². The van der Waals surface area contributed by atoms with Gasteiger partial charge >= 0.3 is 6.03 Å². The molecule has 0 aliphatic rings. The number of amides is 2. The summed E-state index contributed by atoms with van der Waals surface area (Å²) in [6.07, 6.45) is 2.33. The Labute approximate surface area is 125 Å². The molecular weight excluding hydrogens is 322 g/mol. The molecular formula is C13H16BrN5O. The summed E-state index contributed by atoms with van der Waals surface area (Å²) in [6, 6.07) is 7.52. The molecule has 0 bridgehead atoms. The van der Waals surface area contributed by atoms with Crippen LogP contribution in [0.5, 0.6) is 0 Å². The first-order chi connectivity index (χ1) is 9.58. The van der Waals surface area contributed by atoms with E-state index in [4.69, 9.17) is 0 Å². The molecule has 1 unspecified atom stereocenters. The van der Waals surface area contributed by atoms with E-state index < -0.39 is 0 Å². The molecule has 0 fully saturated rings. The highest BCUT2D eigenvalue weighted by molar-refractivity contribution is 9.10. The minimum Gasteiger partial charge on any atom is -0.331 e. The van der Waals surface area contributed by atoms with Crippen LogP contribution in [-0.4, -0.2) is 20.8 Å². The van der Waals surface area contributed by atoms with Crippen molar-refractivity contribution in [1.82, 2.24) is 20.1 Å². The van der Waals surface area contributed by atoms with Crippen LogP contribution in [0.3, 0.4) is 0 Å². The molecule has 0 saturated heterocycles. The molecule has 1 heterocycles. The van der Waals surface area contributed by atoms with Crippen molar-refractivity contribution in [2.45, 2.75) is 19.4 Å². The van der Waals surface area contributed by atoms with E-state index in [1.165, 1.54) is 11.0 Å². The van der Waals surface area contributed by atoms with Crippen LogP contribution >= 0.6 is 15.9 Å². The number of urea groups is 1. The third-order valence-electron chi connectivity index (χ3n) is 2.81. The van der Waals surface area contributed by atoms with Gasteiger partial charge in [0.25, 0.3) is 0 Å². The molecule has 0 aliphatic heterocycles. The number of aromatic nitrogens is 3. The summed E-state index contributed by atoms with van der Waals surface area (Å²) in [4.78, 5) is 15.9. The Morgan fingerprint density at radius 1 is 1.40 bits per heavy atom. The van der Waals surface area contributed by atoms with Crippen molar-refractivity contribution < 1.29 is 4.79 Å². The summed E-state index contributed by atoms with van der Waals surface area (Å²) in [5.41, 5.74) is 1.06. The number of anilines is 1. The average Bonchev–Trinajstić information content (AvgIpc) is 2.82. The molecule has 0 spiro atoms. The van der Waals surface area contributed by atoms with Crippen molar-refractivity contribution in [2.75, 3.05) is 5.32 Å². The van der Waals surface area contributed by atoms with Crippen LogP contribution < -0.4 is 10.6 Å². The Hall–Kier alpha value is -1.89. The predicted octanol–water partition coefficient (Wildman–Crippen LogP) is 2.85. The van der Waals surface area contributed by atoms with Crippen LogP contribution in [-0.2, 0) is 7.05 Å². The molecule has 2 rings (SSSR count). The number of carbonyl (C=O) groups is 1. The van der Waals surface area contributed by atoms with Crippen molar-refractivity contribution in [1.29, 1.82) is 0 Å². The SMILES string of the molecule is CCC(NC(=O)Nc1ncn(C)n1)c1ccc(Br)cc1. The lowest BCUT2D eigenvalue weighted by atomic mass is 10.1. The van der Waals surface area contributed by atoms with E-state index in [0.717, 1.165) is 16.5 Å². The number of benzene rings is 1. The maximum Gasteiger partial charge on any atom is 0.322 e. The smallest absolute Gasteiger partial charge is 0.322 e. The predicted molar refractivity (Wildman–Crippen MR) is 80.3 cm³/mol. The highest BCUT2D eigenvalue weighted by Gasteiger charge is 2.13. The summed E-state index contributed by atoms with van der Waals surface area (Å²) in [5.74, 6) is 0.288. The Morgan fingerprint density at radius 2 is 2.10 bits per heavy atom. The van der Waals surface area contributed by atoms with Crippen LogP contribution in [0.2, 0.25) is 0 Å². The fourth-order valence-electron chi connectivity index (χ4n) is 1.81. The Balaban J connectivity index is 1.99. The van der Waals surface area contributed by atoms with Gasteiger partial charge in [0.1, 0.15) is 6.33 Å². The zero-order valence-corrected chi connectivity index (χ0v) is 12.9. The molecule has 2 aromatic rings. The molecule has 0 saturated carbocycles. The van der Waals surface area contributed by atoms with E-state index in [1.807, 2.05) is 31.2 Å². The van der Waals surface area contributed by atoms with Crippen LogP contribution in [0.4, 0.5) is 10.7 Å². The summed E-state index contributed by atoms with van der Waals surface area (Å²) in [5, 5.41) is 9.51. The second kappa shape index (κ2) is 6.51. The Kier molecular flexibility index (Phi) is 4.73. The number of halogens is 1. The molecule has 20 heavy (non-hydrogen) atoms. The fraction of sp³-hybridized carbons (Fsp3) is 0.308. The topological polar surface area (TPSA) is 71.8 Å². The Morgan fingerprint density at radius 3 is 2.65 bits per heavy atom. The lowest BCUT2D eigenvalue weighted by molar-refractivity contribution is 0.248. The molecule has 7 heteroatoms. The third-order valence-corrected chi connectivity index (χ3v) is 3.34. The summed E-state index contributed by atoms with van der Waals surface area (Å²) >= 11 is 3.40. The first-order valence-electron chi connectivity index (χ1n) is 6.27. The number of nitrogens with one attached hydrogen (secondary N) is 2. The quantitative estimate of drug-likeness (QED) is 0.900. The number of hydrogen-bond acceptors (Lipinski definition) is 3. The molecule has 2 amide bonds. The van der Waals surface area contributed by atoms with Crippen molar-refractivity contribution >= 4 is 27.9 Å². The molecule has 106 valence electrons. The lowest BCUT2D eigenvalue weighted by Crippen LogP contribution is -2.32. The van der Waals surface area contributed by atoms with Gasteiger partial charge < -0.3 is 5.32 Å². The van der Waals surface area contributed by atoms with Crippen LogP contribution in [0.25, 0.3) is 0 Å². The second-order valence-corrected chi connectivity index (χ2v) is 5.27. The van der Waals surface area contributed by atoms with E-state index in [2.05, 4.69) is 36.6 Å². The molecule has 2 N–H and O–H groups in total. The molecule has 1 aromatic heterocycles. The molecule has 1 atom stereocenters. The van der Waals surface area contributed by atoms with E-state index in [9.17, 15) is 4.79 Å². The first kappa shape index (κ1) is 14.5.